The Morgan fingerprint density at radius 3 is 2.44 bits per heavy atom. The summed E-state index contributed by atoms with van der Waals surface area (Å²) in [5, 5.41) is 22.6. The summed E-state index contributed by atoms with van der Waals surface area (Å²) in [4.78, 5) is 15.3. The van der Waals surface area contributed by atoms with Crippen LogP contribution in [0.5, 0.6) is 5.75 Å². The van der Waals surface area contributed by atoms with Crippen LogP contribution >= 0.6 is 0 Å². The number of aryl methyl sites for hydroxylation is 2. The summed E-state index contributed by atoms with van der Waals surface area (Å²) in [5.41, 5.74) is 2.72. The average Bonchev–Trinajstić information content (AvgIpc) is 3.03. The maximum absolute atomic E-state index is 15.4. The van der Waals surface area contributed by atoms with Gasteiger partial charge in [-0.25, -0.2) is 19.3 Å². The van der Waals surface area contributed by atoms with Gasteiger partial charge < -0.3 is 15.3 Å². The first-order valence-corrected chi connectivity index (χ1v) is 10.9. The number of nitrogens with zero attached hydrogens (tertiary/aromatic N) is 6. The van der Waals surface area contributed by atoms with E-state index in [4.69, 9.17) is 0 Å². The van der Waals surface area contributed by atoms with Crippen molar-refractivity contribution in [3.63, 3.8) is 0 Å². The van der Waals surface area contributed by atoms with Crippen molar-refractivity contribution >= 4 is 16.9 Å². The van der Waals surface area contributed by atoms with E-state index in [0.717, 1.165) is 24.2 Å². The number of fused-ring (bicyclic) bond motifs is 3. The highest BCUT2D eigenvalue weighted by molar-refractivity contribution is 5.84. The van der Waals surface area contributed by atoms with Crippen molar-refractivity contribution in [2.75, 3.05) is 11.9 Å². The third kappa shape index (κ3) is 3.26. The van der Waals surface area contributed by atoms with E-state index < -0.39 is 11.7 Å². The predicted molar refractivity (Wildman–Crippen MR) is 120 cm³/mol. The van der Waals surface area contributed by atoms with Crippen molar-refractivity contribution in [2.24, 2.45) is 0 Å². The number of aromatic hydroxyl groups is 1. The van der Waals surface area contributed by atoms with Crippen LogP contribution in [0, 0.1) is 13.8 Å². The number of hydrogen-bond donors (Lipinski definition) is 2. The number of benzene rings is 1. The Hall–Kier alpha value is -2.94. The topological polar surface area (TPSA) is 100.0 Å². The molecule has 8 nitrogen and oxygen atoms in total. The van der Waals surface area contributed by atoms with Crippen LogP contribution in [0.15, 0.2) is 18.3 Å². The van der Waals surface area contributed by atoms with Gasteiger partial charge in [0, 0.05) is 24.2 Å². The Balaban J connectivity index is 1.44. The number of rotatable bonds is 3. The maximum Gasteiger partial charge on any atom is 0.185 e. The summed E-state index contributed by atoms with van der Waals surface area (Å²) >= 11 is 0. The number of piperidine rings is 1. The lowest BCUT2D eigenvalue weighted by Gasteiger charge is -2.47. The molecule has 5 rings (SSSR count). The molecular formula is C23H28FN7O. The summed E-state index contributed by atoms with van der Waals surface area (Å²) in [7, 11) is 1.84. The largest absolute Gasteiger partial charge is 0.507 e. The van der Waals surface area contributed by atoms with Crippen LogP contribution in [0.2, 0.25) is 0 Å². The van der Waals surface area contributed by atoms with Gasteiger partial charge in [0.05, 0.1) is 40.2 Å². The van der Waals surface area contributed by atoms with Crippen molar-refractivity contribution in [2.45, 2.75) is 70.2 Å². The van der Waals surface area contributed by atoms with E-state index in [1.807, 2.05) is 32.7 Å². The highest BCUT2D eigenvalue weighted by Crippen LogP contribution is 2.45. The number of alkyl halides is 1. The minimum atomic E-state index is -1.03. The molecule has 2 bridgehead atoms. The van der Waals surface area contributed by atoms with Crippen molar-refractivity contribution in [3.8, 4) is 17.1 Å². The van der Waals surface area contributed by atoms with Crippen molar-refractivity contribution in [1.29, 1.82) is 0 Å². The first kappa shape index (κ1) is 20.9. The average molecular weight is 438 g/mol. The molecule has 3 aromatic rings. The van der Waals surface area contributed by atoms with Gasteiger partial charge in [-0.3, -0.25) is 0 Å². The van der Waals surface area contributed by atoms with E-state index in [9.17, 15) is 5.11 Å². The van der Waals surface area contributed by atoms with E-state index in [-0.39, 0.29) is 23.2 Å². The fourth-order valence-corrected chi connectivity index (χ4v) is 5.20. The van der Waals surface area contributed by atoms with Gasteiger partial charge in [-0.1, -0.05) is 0 Å². The van der Waals surface area contributed by atoms with Crippen LogP contribution in [0.3, 0.4) is 0 Å². The molecule has 0 aliphatic carbocycles. The molecule has 2 aliphatic rings. The lowest BCUT2D eigenvalue weighted by atomic mass is 9.82. The summed E-state index contributed by atoms with van der Waals surface area (Å²) in [6.45, 7) is 7.89. The molecule has 32 heavy (non-hydrogen) atoms. The normalized spacial score (nSPS) is 29.4. The molecule has 2 aliphatic heterocycles. The SMILES string of the molecule is Cc1nc2cc(O)c(-c3ncc(N(C)[C@H]4C[C@]5(C)CC[C@@](C)(N5)[C@H]4F)nn3)cc2nc1C. The molecule has 0 saturated carbocycles. The number of phenols is 1. The molecule has 0 spiro atoms. The van der Waals surface area contributed by atoms with E-state index in [1.165, 1.54) is 0 Å². The van der Waals surface area contributed by atoms with Crippen LogP contribution in [-0.4, -0.2) is 60.6 Å². The summed E-state index contributed by atoms with van der Waals surface area (Å²) in [6, 6.07) is 2.97. The second kappa shape index (κ2) is 7.03. The summed E-state index contributed by atoms with van der Waals surface area (Å²) in [6.07, 6.45) is 3.02. The maximum atomic E-state index is 15.4. The second-order valence-corrected chi connectivity index (χ2v) is 9.78. The standard InChI is InChI=1S/C23H28FN7O/c1-12-13(2)27-16-9-18(32)14(8-15(16)26-12)21-25-11-19(28-29-21)31(5)17-10-22(3)6-7-23(4,30-22)20(17)24/h8-9,11,17,20,30,32H,6-7,10H2,1-5H3/t17-,20-,22-,23+/m0/s1. The van der Waals surface area contributed by atoms with Gasteiger partial charge in [0.1, 0.15) is 11.9 Å². The highest BCUT2D eigenvalue weighted by atomic mass is 19.1. The van der Waals surface area contributed by atoms with E-state index in [1.54, 1.807) is 18.3 Å². The quantitative estimate of drug-likeness (QED) is 0.644. The van der Waals surface area contributed by atoms with Gasteiger partial charge in [0.15, 0.2) is 11.6 Å². The van der Waals surface area contributed by atoms with Gasteiger partial charge >= 0.3 is 0 Å². The number of aromatic nitrogens is 5. The molecule has 2 N–H and O–H groups in total. The Bertz CT molecular complexity index is 1200. The number of halogens is 1. The fraction of sp³-hybridized carbons (Fsp3) is 0.522. The van der Waals surface area contributed by atoms with Crippen molar-refractivity contribution < 1.29 is 9.50 Å². The monoisotopic (exact) mass is 437 g/mol. The number of nitrogens with one attached hydrogen (secondary N) is 1. The van der Waals surface area contributed by atoms with E-state index in [2.05, 4.69) is 37.4 Å². The Morgan fingerprint density at radius 1 is 1.09 bits per heavy atom. The van der Waals surface area contributed by atoms with Crippen molar-refractivity contribution in [1.82, 2.24) is 30.5 Å². The predicted octanol–water partition coefficient (Wildman–Crippen LogP) is 3.25. The lowest BCUT2D eigenvalue weighted by molar-refractivity contribution is 0.0859. The van der Waals surface area contributed by atoms with Gasteiger partial charge in [-0.05, 0) is 53.0 Å². The van der Waals surface area contributed by atoms with Crippen molar-refractivity contribution in [3.05, 3.63) is 29.7 Å². The van der Waals surface area contributed by atoms with Gasteiger partial charge in [-0.2, -0.15) is 0 Å². The van der Waals surface area contributed by atoms with Crippen LogP contribution in [0.25, 0.3) is 22.4 Å². The van der Waals surface area contributed by atoms with E-state index >= 15 is 4.39 Å². The smallest absolute Gasteiger partial charge is 0.185 e. The van der Waals surface area contributed by atoms with Crippen LogP contribution < -0.4 is 10.2 Å². The highest BCUT2D eigenvalue weighted by Gasteiger charge is 2.56. The second-order valence-electron chi connectivity index (χ2n) is 9.78. The molecule has 4 heterocycles. The minimum Gasteiger partial charge on any atom is -0.507 e. The van der Waals surface area contributed by atoms with Crippen LogP contribution in [-0.2, 0) is 0 Å². The molecule has 2 aromatic heterocycles. The molecule has 2 saturated heterocycles. The summed E-state index contributed by atoms with van der Waals surface area (Å²) in [5.74, 6) is 0.793. The zero-order chi connectivity index (χ0) is 22.8. The molecule has 168 valence electrons. The number of anilines is 1. The molecule has 1 aromatic carbocycles. The van der Waals surface area contributed by atoms with Crippen LogP contribution in [0.4, 0.5) is 10.2 Å². The zero-order valence-electron chi connectivity index (χ0n) is 19.0. The lowest BCUT2D eigenvalue weighted by Crippen LogP contribution is -2.65. The molecule has 2 fully saturated rings. The Kier molecular flexibility index (Phi) is 4.60. The molecule has 0 unspecified atom stereocenters. The molecule has 4 atom stereocenters. The summed E-state index contributed by atoms with van der Waals surface area (Å²) < 4.78 is 15.4. The third-order valence-corrected chi connectivity index (χ3v) is 7.23. The minimum absolute atomic E-state index is 0.0116. The Labute approximate surface area is 186 Å². The first-order valence-electron chi connectivity index (χ1n) is 10.9. The Morgan fingerprint density at radius 2 is 1.78 bits per heavy atom. The number of phenolic OH excluding ortho intramolecular Hbond substituents is 1. The van der Waals surface area contributed by atoms with Gasteiger partial charge in [-0.15, -0.1) is 10.2 Å². The zero-order valence-corrected chi connectivity index (χ0v) is 19.0. The molecule has 0 amide bonds. The molecular weight excluding hydrogens is 409 g/mol. The first-order chi connectivity index (χ1) is 15.1. The van der Waals surface area contributed by atoms with Crippen LogP contribution in [0.1, 0.15) is 44.5 Å². The molecule has 0 radical (unpaired) electrons. The van der Waals surface area contributed by atoms with Gasteiger partial charge in [0.2, 0.25) is 0 Å². The van der Waals surface area contributed by atoms with E-state index in [0.29, 0.717) is 28.8 Å². The number of hydrogen-bond acceptors (Lipinski definition) is 8. The molecule has 9 heteroatoms. The van der Waals surface area contributed by atoms with Gasteiger partial charge in [0.25, 0.3) is 0 Å². The third-order valence-electron chi connectivity index (χ3n) is 7.23. The fourth-order valence-electron chi connectivity index (χ4n) is 5.20.